The Morgan fingerprint density at radius 2 is 1.88 bits per heavy atom. The number of rotatable bonds is 7. The monoisotopic (exact) mass is 445 g/mol. The van der Waals surface area contributed by atoms with Crippen LogP contribution in [-0.4, -0.2) is 67.2 Å². The number of nitrogens with one attached hydrogen (secondary N) is 2. The number of carbonyl (C=O) groups is 1. The molecule has 7 nitrogen and oxygen atoms in total. The minimum atomic E-state index is -0.488. The smallest absolute Gasteiger partial charge is 0.410 e. The molecule has 2 rings (SSSR count). The predicted molar refractivity (Wildman–Crippen MR) is 132 cm³/mol. The molecule has 1 aromatic rings. The van der Waals surface area contributed by atoms with Crippen molar-refractivity contribution in [1.82, 2.24) is 20.4 Å². The van der Waals surface area contributed by atoms with Crippen LogP contribution in [0.3, 0.4) is 0 Å². The molecule has 180 valence electrons. The van der Waals surface area contributed by atoms with Gasteiger partial charge in [-0.05, 0) is 71.0 Å². The lowest BCUT2D eigenvalue weighted by Crippen LogP contribution is -2.45. The number of likely N-dealkylation sites (tertiary alicyclic amines) is 1. The molecule has 1 fully saturated rings. The van der Waals surface area contributed by atoms with Crippen molar-refractivity contribution in [3.05, 3.63) is 35.4 Å². The van der Waals surface area contributed by atoms with E-state index in [1.54, 1.807) is 11.9 Å². The van der Waals surface area contributed by atoms with Gasteiger partial charge in [0.1, 0.15) is 5.60 Å². The van der Waals surface area contributed by atoms with Gasteiger partial charge in [0, 0.05) is 46.3 Å². The van der Waals surface area contributed by atoms with Crippen molar-refractivity contribution in [3.63, 3.8) is 0 Å². The fraction of sp³-hybridized carbons (Fsp3) is 0.680. The molecule has 1 saturated heterocycles. The number of piperidine rings is 1. The summed E-state index contributed by atoms with van der Waals surface area (Å²) in [5.41, 5.74) is 1.75. The number of aliphatic imine (C=N–C) groups is 1. The standard InChI is InChI=1S/C25H43N5O2/c1-19(2)30-14-8-9-22(18-30)16-28-23(26-6)27-15-20-10-12-21(13-11-20)17-29(7)24(31)32-25(3,4)5/h10-13,19,22H,8-9,14-18H2,1-7H3,(H2,26,27,28). The Kier molecular flexibility index (Phi) is 9.82. The number of hydrogen-bond acceptors (Lipinski definition) is 4. The van der Waals surface area contributed by atoms with Gasteiger partial charge in [-0.3, -0.25) is 4.99 Å². The van der Waals surface area contributed by atoms with Crippen molar-refractivity contribution in [2.45, 2.75) is 72.2 Å². The van der Waals surface area contributed by atoms with E-state index >= 15 is 0 Å². The number of carbonyl (C=O) groups excluding carboxylic acids is 1. The van der Waals surface area contributed by atoms with Gasteiger partial charge in [0.05, 0.1) is 0 Å². The fourth-order valence-electron chi connectivity index (χ4n) is 3.82. The largest absolute Gasteiger partial charge is 0.444 e. The maximum absolute atomic E-state index is 12.1. The minimum absolute atomic E-state index is 0.312. The summed E-state index contributed by atoms with van der Waals surface area (Å²) in [7, 11) is 3.57. The van der Waals surface area contributed by atoms with E-state index in [1.807, 2.05) is 27.8 Å². The molecule has 32 heavy (non-hydrogen) atoms. The molecule has 1 aliphatic heterocycles. The summed E-state index contributed by atoms with van der Waals surface area (Å²) >= 11 is 0. The number of nitrogens with zero attached hydrogens (tertiary/aromatic N) is 3. The van der Waals surface area contributed by atoms with Gasteiger partial charge in [-0.15, -0.1) is 0 Å². The van der Waals surface area contributed by atoms with Crippen LogP contribution >= 0.6 is 0 Å². The number of benzene rings is 1. The van der Waals surface area contributed by atoms with Gasteiger partial charge in [0.25, 0.3) is 0 Å². The molecule has 1 unspecified atom stereocenters. The van der Waals surface area contributed by atoms with Gasteiger partial charge in [0.2, 0.25) is 0 Å². The highest BCUT2D eigenvalue weighted by Gasteiger charge is 2.22. The molecule has 0 aromatic heterocycles. The maximum atomic E-state index is 12.1. The molecule has 0 saturated carbocycles. The van der Waals surface area contributed by atoms with Gasteiger partial charge in [0.15, 0.2) is 5.96 Å². The minimum Gasteiger partial charge on any atom is -0.444 e. The van der Waals surface area contributed by atoms with E-state index in [0.717, 1.165) is 24.6 Å². The van der Waals surface area contributed by atoms with Crippen LogP contribution < -0.4 is 10.6 Å². The van der Waals surface area contributed by atoms with Crippen LogP contribution in [0.25, 0.3) is 0 Å². The van der Waals surface area contributed by atoms with Gasteiger partial charge in [-0.25, -0.2) is 4.79 Å². The molecule has 1 aliphatic rings. The van der Waals surface area contributed by atoms with E-state index in [-0.39, 0.29) is 6.09 Å². The molecule has 0 spiro atoms. The van der Waals surface area contributed by atoms with Crippen LogP contribution in [-0.2, 0) is 17.8 Å². The highest BCUT2D eigenvalue weighted by atomic mass is 16.6. The zero-order chi connectivity index (χ0) is 23.7. The van der Waals surface area contributed by atoms with Crippen molar-refractivity contribution >= 4 is 12.1 Å². The number of amides is 1. The Balaban J connectivity index is 1.77. The lowest BCUT2D eigenvalue weighted by molar-refractivity contribution is 0.0285. The van der Waals surface area contributed by atoms with Crippen molar-refractivity contribution in [3.8, 4) is 0 Å². The third kappa shape index (κ3) is 9.07. The van der Waals surface area contributed by atoms with Crippen molar-refractivity contribution < 1.29 is 9.53 Å². The first-order valence-electron chi connectivity index (χ1n) is 11.8. The van der Waals surface area contributed by atoms with Crippen LogP contribution in [0.15, 0.2) is 29.3 Å². The summed E-state index contributed by atoms with van der Waals surface area (Å²) < 4.78 is 5.41. The quantitative estimate of drug-likeness (QED) is 0.493. The van der Waals surface area contributed by atoms with Crippen LogP contribution in [0.5, 0.6) is 0 Å². The van der Waals surface area contributed by atoms with E-state index in [9.17, 15) is 4.79 Å². The van der Waals surface area contributed by atoms with Gasteiger partial charge in [-0.2, -0.15) is 0 Å². The Labute approximate surface area is 194 Å². The fourth-order valence-corrected chi connectivity index (χ4v) is 3.82. The number of guanidine groups is 1. The summed E-state index contributed by atoms with van der Waals surface area (Å²) in [6.07, 6.45) is 2.23. The first kappa shape index (κ1) is 26.0. The second-order valence-electron chi connectivity index (χ2n) is 10.1. The third-order valence-corrected chi connectivity index (χ3v) is 5.67. The molecular weight excluding hydrogens is 402 g/mol. The highest BCUT2D eigenvalue weighted by Crippen LogP contribution is 2.17. The van der Waals surface area contributed by atoms with E-state index in [2.05, 4.69) is 58.6 Å². The Morgan fingerprint density at radius 3 is 2.47 bits per heavy atom. The summed E-state index contributed by atoms with van der Waals surface area (Å²) in [4.78, 5) is 20.7. The molecule has 1 amide bonds. The van der Waals surface area contributed by atoms with Crippen molar-refractivity contribution in [1.29, 1.82) is 0 Å². The predicted octanol–water partition coefficient (Wildman–Crippen LogP) is 3.84. The summed E-state index contributed by atoms with van der Waals surface area (Å²) in [6.45, 7) is 14.7. The zero-order valence-electron chi connectivity index (χ0n) is 21.1. The topological polar surface area (TPSA) is 69.2 Å². The Bertz CT molecular complexity index is 740. The Hall–Kier alpha value is -2.28. The van der Waals surface area contributed by atoms with Crippen molar-refractivity contribution in [2.24, 2.45) is 10.9 Å². The van der Waals surface area contributed by atoms with Crippen LogP contribution in [0.1, 0.15) is 58.6 Å². The molecule has 7 heteroatoms. The zero-order valence-corrected chi connectivity index (χ0v) is 21.1. The first-order chi connectivity index (χ1) is 15.1. The van der Waals surface area contributed by atoms with Crippen LogP contribution in [0, 0.1) is 5.92 Å². The molecule has 0 bridgehead atoms. The average Bonchev–Trinajstić information content (AvgIpc) is 2.74. The molecule has 1 atom stereocenters. The molecule has 0 radical (unpaired) electrons. The summed E-state index contributed by atoms with van der Waals surface area (Å²) in [6, 6.07) is 8.88. The highest BCUT2D eigenvalue weighted by molar-refractivity contribution is 5.79. The second-order valence-corrected chi connectivity index (χ2v) is 10.1. The van der Waals surface area contributed by atoms with Gasteiger partial charge < -0.3 is 25.2 Å². The molecular formula is C25H43N5O2. The molecule has 1 heterocycles. The lowest BCUT2D eigenvalue weighted by atomic mass is 9.97. The van der Waals surface area contributed by atoms with E-state index in [0.29, 0.717) is 25.0 Å². The first-order valence-corrected chi connectivity index (χ1v) is 11.8. The molecule has 1 aromatic carbocycles. The average molecular weight is 446 g/mol. The molecule has 0 aliphatic carbocycles. The summed E-state index contributed by atoms with van der Waals surface area (Å²) in [5, 5.41) is 6.90. The van der Waals surface area contributed by atoms with Gasteiger partial charge in [-0.1, -0.05) is 24.3 Å². The normalized spacial score (nSPS) is 17.9. The third-order valence-electron chi connectivity index (χ3n) is 5.67. The number of ether oxygens (including phenoxy) is 1. The summed E-state index contributed by atoms with van der Waals surface area (Å²) in [5.74, 6) is 1.49. The van der Waals surface area contributed by atoms with Gasteiger partial charge >= 0.3 is 6.09 Å². The maximum Gasteiger partial charge on any atom is 0.410 e. The Morgan fingerprint density at radius 1 is 1.22 bits per heavy atom. The van der Waals surface area contributed by atoms with Crippen molar-refractivity contribution in [2.75, 3.05) is 33.7 Å². The van der Waals surface area contributed by atoms with E-state index in [1.165, 1.54) is 24.9 Å². The van der Waals surface area contributed by atoms with Crippen LogP contribution in [0.4, 0.5) is 4.79 Å². The van der Waals surface area contributed by atoms with E-state index < -0.39 is 5.60 Å². The molecule has 2 N–H and O–H groups in total. The lowest BCUT2D eigenvalue weighted by Gasteiger charge is -2.35. The second kappa shape index (κ2) is 12.1. The SMILES string of the molecule is CN=C(NCc1ccc(CN(C)C(=O)OC(C)(C)C)cc1)NCC1CCCN(C(C)C)C1. The van der Waals surface area contributed by atoms with E-state index in [4.69, 9.17) is 4.74 Å². The van der Waals surface area contributed by atoms with Crippen LogP contribution in [0.2, 0.25) is 0 Å². The number of hydrogen-bond donors (Lipinski definition) is 2.